The Morgan fingerprint density at radius 2 is 2.50 bits per heavy atom. The van der Waals surface area contributed by atoms with Gasteiger partial charge in [0.05, 0.1) is 10.4 Å². The van der Waals surface area contributed by atoms with E-state index in [0.29, 0.717) is 6.54 Å². The lowest BCUT2D eigenvalue weighted by molar-refractivity contribution is -0.119. The maximum Gasteiger partial charge on any atom is 0.217 e. The molecule has 1 aliphatic heterocycles. The zero-order chi connectivity index (χ0) is 13.1. The van der Waals surface area contributed by atoms with Gasteiger partial charge in [0, 0.05) is 37.5 Å². The van der Waals surface area contributed by atoms with E-state index in [1.54, 1.807) is 18.3 Å². The monoisotopic (exact) mass is 287 g/mol. The number of nitrogens with two attached hydrogens (primary N) is 1. The Kier molecular flexibility index (Phi) is 4.61. The molecule has 0 aliphatic carbocycles. The van der Waals surface area contributed by atoms with E-state index < -0.39 is 0 Å². The third kappa shape index (κ3) is 3.23. The molecule has 1 aliphatic rings. The fourth-order valence-electron chi connectivity index (χ4n) is 2.43. The molecule has 0 saturated carbocycles. The van der Waals surface area contributed by atoms with Crippen molar-refractivity contribution < 1.29 is 4.79 Å². The largest absolute Gasteiger partial charge is 0.352 e. The number of carbonyl (C=O) groups excluding carboxylic acids is 1. The highest BCUT2D eigenvalue weighted by Crippen LogP contribution is 2.31. The summed E-state index contributed by atoms with van der Waals surface area (Å²) in [6, 6.07) is 4.40. The average molecular weight is 288 g/mol. The van der Waals surface area contributed by atoms with Gasteiger partial charge in [-0.25, -0.2) is 0 Å². The number of nitrogens with zero attached hydrogens (tertiary/aromatic N) is 1. The first kappa shape index (κ1) is 13.8. The smallest absolute Gasteiger partial charge is 0.217 e. The van der Waals surface area contributed by atoms with Gasteiger partial charge in [0.2, 0.25) is 5.91 Å². The molecule has 6 heteroatoms. The third-order valence-corrected chi connectivity index (χ3v) is 4.55. The van der Waals surface area contributed by atoms with Crippen molar-refractivity contribution in [2.45, 2.75) is 25.4 Å². The zero-order valence-electron chi connectivity index (χ0n) is 10.4. The van der Waals surface area contributed by atoms with Crippen LogP contribution in [0.15, 0.2) is 12.1 Å². The Morgan fingerprint density at radius 1 is 1.72 bits per heavy atom. The number of hydrogen-bond donors (Lipinski definition) is 2. The first-order valence-electron chi connectivity index (χ1n) is 6.06. The molecular weight excluding hydrogens is 270 g/mol. The summed E-state index contributed by atoms with van der Waals surface area (Å²) in [5, 5.41) is 2.96. The molecule has 100 valence electrons. The van der Waals surface area contributed by atoms with Crippen molar-refractivity contribution in [1.29, 1.82) is 0 Å². The van der Waals surface area contributed by atoms with Crippen LogP contribution >= 0.6 is 22.9 Å². The van der Waals surface area contributed by atoms with E-state index in [9.17, 15) is 4.79 Å². The summed E-state index contributed by atoms with van der Waals surface area (Å²) < 4.78 is 0.793. The first-order chi connectivity index (χ1) is 8.60. The van der Waals surface area contributed by atoms with Crippen molar-refractivity contribution in [3.63, 3.8) is 0 Å². The highest BCUT2D eigenvalue weighted by atomic mass is 35.5. The van der Waals surface area contributed by atoms with Gasteiger partial charge in [-0.3, -0.25) is 9.69 Å². The van der Waals surface area contributed by atoms with Crippen LogP contribution in [0, 0.1) is 0 Å². The van der Waals surface area contributed by atoms with Gasteiger partial charge in [-0.15, -0.1) is 11.3 Å². The SMILES string of the molecule is CC(=O)NC1CCN(C(CN)c2ccc(Cl)s2)C1. The van der Waals surface area contributed by atoms with Crippen LogP contribution in [0.3, 0.4) is 0 Å². The van der Waals surface area contributed by atoms with Crippen LogP contribution in [-0.2, 0) is 4.79 Å². The number of carbonyl (C=O) groups is 1. The number of halogens is 1. The lowest BCUT2D eigenvalue weighted by atomic mass is 10.2. The van der Waals surface area contributed by atoms with Crippen LogP contribution in [0.5, 0.6) is 0 Å². The van der Waals surface area contributed by atoms with E-state index in [0.717, 1.165) is 23.8 Å². The van der Waals surface area contributed by atoms with Crippen LogP contribution in [0.4, 0.5) is 0 Å². The molecule has 1 aromatic rings. The second-order valence-electron chi connectivity index (χ2n) is 4.57. The van der Waals surface area contributed by atoms with Gasteiger partial charge in [0.25, 0.3) is 0 Å². The number of nitrogens with one attached hydrogen (secondary N) is 1. The van der Waals surface area contributed by atoms with Gasteiger partial charge in [0.1, 0.15) is 0 Å². The number of thiophene rings is 1. The standard InChI is InChI=1S/C12H18ClN3OS/c1-8(17)15-9-4-5-16(7-9)10(6-14)11-2-3-12(13)18-11/h2-3,9-10H,4-7,14H2,1H3,(H,15,17). The fraction of sp³-hybridized carbons (Fsp3) is 0.583. The van der Waals surface area contributed by atoms with E-state index in [-0.39, 0.29) is 18.0 Å². The van der Waals surface area contributed by atoms with E-state index in [4.69, 9.17) is 17.3 Å². The molecule has 2 atom stereocenters. The summed E-state index contributed by atoms with van der Waals surface area (Å²) in [5.41, 5.74) is 5.88. The number of rotatable bonds is 4. The maximum atomic E-state index is 11.0. The molecule has 0 bridgehead atoms. The lowest BCUT2D eigenvalue weighted by Gasteiger charge is -2.25. The van der Waals surface area contributed by atoms with Crippen molar-refractivity contribution in [3.8, 4) is 0 Å². The van der Waals surface area contributed by atoms with Gasteiger partial charge in [-0.2, -0.15) is 0 Å². The quantitative estimate of drug-likeness (QED) is 0.885. The molecule has 18 heavy (non-hydrogen) atoms. The van der Waals surface area contributed by atoms with Crippen LogP contribution in [-0.4, -0.2) is 36.5 Å². The Bertz CT molecular complexity index is 423. The fourth-order valence-corrected chi connectivity index (χ4v) is 3.64. The van der Waals surface area contributed by atoms with Crippen LogP contribution in [0.1, 0.15) is 24.3 Å². The highest BCUT2D eigenvalue weighted by molar-refractivity contribution is 7.16. The predicted molar refractivity (Wildman–Crippen MR) is 74.9 cm³/mol. The van der Waals surface area contributed by atoms with Gasteiger partial charge in [-0.05, 0) is 18.6 Å². The Labute approximate surface area is 116 Å². The molecule has 2 unspecified atom stereocenters. The number of hydrogen-bond acceptors (Lipinski definition) is 4. The number of amides is 1. The molecule has 3 N–H and O–H groups in total. The number of likely N-dealkylation sites (tertiary alicyclic amines) is 1. The topological polar surface area (TPSA) is 58.4 Å². The molecule has 1 amide bonds. The maximum absolute atomic E-state index is 11.0. The molecular formula is C12H18ClN3OS. The lowest BCUT2D eigenvalue weighted by Crippen LogP contribution is -2.37. The van der Waals surface area contributed by atoms with Crippen LogP contribution < -0.4 is 11.1 Å². The normalized spacial score (nSPS) is 22.1. The summed E-state index contributed by atoms with van der Waals surface area (Å²) in [4.78, 5) is 14.6. The minimum Gasteiger partial charge on any atom is -0.352 e. The molecule has 1 fully saturated rings. The Hall–Kier alpha value is -0.620. The van der Waals surface area contributed by atoms with Crippen molar-refractivity contribution >= 4 is 28.8 Å². The van der Waals surface area contributed by atoms with E-state index in [2.05, 4.69) is 10.2 Å². The molecule has 0 radical (unpaired) electrons. The van der Waals surface area contributed by atoms with Gasteiger partial charge >= 0.3 is 0 Å². The molecule has 1 saturated heterocycles. The van der Waals surface area contributed by atoms with E-state index >= 15 is 0 Å². The van der Waals surface area contributed by atoms with Crippen LogP contribution in [0.25, 0.3) is 0 Å². The summed E-state index contributed by atoms with van der Waals surface area (Å²) in [6.07, 6.45) is 0.981. The molecule has 0 spiro atoms. The van der Waals surface area contributed by atoms with Gasteiger partial charge in [0.15, 0.2) is 0 Å². The van der Waals surface area contributed by atoms with Crippen molar-refractivity contribution in [3.05, 3.63) is 21.3 Å². The molecule has 4 nitrogen and oxygen atoms in total. The van der Waals surface area contributed by atoms with Crippen molar-refractivity contribution in [1.82, 2.24) is 10.2 Å². The second-order valence-corrected chi connectivity index (χ2v) is 6.32. The first-order valence-corrected chi connectivity index (χ1v) is 7.26. The van der Waals surface area contributed by atoms with Crippen LogP contribution in [0.2, 0.25) is 4.34 Å². The molecule has 2 heterocycles. The van der Waals surface area contributed by atoms with Crippen molar-refractivity contribution in [2.24, 2.45) is 5.73 Å². The van der Waals surface area contributed by atoms with E-state index in [1.165, 1.54) is 4.88 Å². The predicted octanol–water partition coefficient (Wildman–Crippen LogP) is 1.61. The Balaban J connectivity index is 2.00. The highest BCUT2D eigenvalue weighted by Gasteiger charge is 2.29. The minimum absolute atomic E-state index is 0.0327. The van der Waals surface area contributed by atoms with Gasteiger partial charge in [-0.1, -0.05) is 11.6 Å². The summed E-state index contributed by atoms with van der Waals surface area (Å²) in [7, 11) is 0. The third-order valence-electron chi connectivity index (χ3n) is 3.21. The Morgan fingerprint density at radius 3 is 3.06 bits per heavy atom. The molecule has 1 aromatic heterocycles. The van der Waals surface area contributed by atoms with E-state index in [1.807, 2.05) is 12.1 Å². The summed E-state index contributed by atoms with van der Waals surface area (Å²) in [6.45, 7) is 3.95. The summed E-state index contributed by atoms with van der Waals surface area (Å²) in [5.74, 6) is 0.0327. The molecule has 2 rings (SSSR count). The average Bonchev–Trinajstić information content (AvgIpc) is 2.89. The zero-order valence-corrected chi connectivity index (χ0v) is 11.9. The minimum atomic E-state index is 0.0327. The molecule has 0 aromatic carbocycles. The van der Waals surface area contributed by atoms with Gasteiger partial charge < -0.3 is 11.1 Å². The summed E-state index contributed by atoms with van der Waals surface area (Å²) >= 11 is 7.55. The second kappa shape index (κ2) is 6.02. The van der Waals surface area contributed by atoms with Crippen molar-refractivity contribution in [2.75, 3.05) is 19.6 Å².